The molecule has 0 bridgehead atoms. The summed E-state index contributed by atoms with van der Waals surface area (Å²) in [5.41, 5.74) is 41.7. The number of guanidine groups is 3. The third-order valence-electron chi connectivity index (χ3n) is 16.6. The monoisotopic (exact) mass is 1310 g/mol. The first kappa shape index (κ1) is 71.0. The molecule has 504 valence electrons. The molecule has 33 heteroatoms. The second kappa shape index (κ2) is 33.7. The van der Waals surface area contributed by atoms with Crippen molar-refractivity contribution >= 4 is 88.3 Å². The van der Waals surface area contributed by atoms with Crippen molar-refractivity contribution in [2.24, 2.45) is 55.1 Å². The first-order valence-corrected chi connectivity index (χ1v) is 31.6. The fraction of sp³-hybridized carbons (Fsp3) is 0.517. The Morgan fingerprint density at radius 2 is 1.13 bits per heavy atom. The van der Waals surface area contributed by atoms with Gasteiger partial charge in [-0.1, -0.05) is 54.6 Å². The van der Waals surface area contributed by atoms with E-state index in [9.17, 15) is 58.5 Å². The van der Waals surface area contributed by atoms with Crippen molar-refractivity contribution < 1.29 is 63.3 Å². The zero-order valence-corrected chi connectivity index (χ0v) is 52.3. The number of rotatable bonds is 30. The Hall–Kier alpha value is -9.47. The van der Waals surface area contributed by atoms with Gasteiger partial charge in [-0.3, -0.25) is 58.1 Å². The van der Waals surface area contributed by atoms with E-state index in [-0.39, 0.29) is 128 Å². The molecule has 0 radical (unpaired) electrons. The quantitative estimate of drug-likeness (QED) is 0.0168. The number of aliphatic carboxylic acids is 1. The van der Waals surface area contributed by atoms with Gasteiger partial charge in [0.25, 0.3) is 0 Å². The molecular weight excluding hydrogens is 1230 g/mol. The van der Waals surface area contributed by atoms with Gasteiger partial charge < -0.3 is 102 Å². The Balaban J connectivity index is 1.03. The fourth-order valence-corrected chi connectivity index (χ4v) is 12.6. The normalized spacial score (nSPS) is 19.8. The maximum atomic E-state index is 15.3. The summed E-state index contributed by atoms with van der Waals surface area (Å²) in [6, 6.07) is 6.01. The predicted molar refractivity (Wildman–Crippen MR) is 341 cm³/mol. The first-order chi connectivity index (χ1) is 44.4. The molecule has 0 spiro atoms. The van der Waals surface area contributed by atoms with E-state index in [0.717, 1.165) is 10.5 Å². The zero-order valence-electron chi connectivity index (χ0n) is 51.5. The molecule has 32 nitrogen and oxygen atoms in total. The first-order valence-electron chi connectivity index (χ1n) is 30.7. The average Bonchev–Trinajstić information content (AvgIpc) is 0.869. The van der Waals surface area contributed by atoms with Gasteiger partial charge in [-0.25, -0.2) is 4.79 Å². The van der Waals surface area contributed by atoms with Crippen molar-refractivity contribution in [2.45, 2.75) is 151 Å². The van der Waals surface area contributed by atoms with Crippen LogP contribution in [0.2, 0.25) is 0 Å². The number of thiophene rings is 1. The van der Waals surface area contributed by atoms with Gasteiger partial charge in [-0.15, -0.1) is 11.3 Å². The number of carbonyl (C=O) groups excluding carboxylic acids is 9. The van der Waals surface area contributed by atoms with Crippen molar-refractivity contribution in [1.82, 2.24) is 46.2 Å². The average molecular weight is 1310 g/mol. The molecule has 9 amide bonds. The van der Waals surface area contributed by atoms with Crippen molar-refractivity contribution in [3.63, 3.8) is 0 Å². The number of aliphatic hydroxyl groups is 2. The van der Waals surface area contributed by atoms with Gasteiger partial charge in [0.15, 0.2) is 17.9 Å². The van der Waals surface area contributed by atoms with Gasteiger partial charge in [0.05, 0.1) is 25.3 Å². The molecule has 22 N–H and O–H groups in total. The van der Waals surface area contributed by atoms with Crippen LogP contribution in [-0.2, 0) is 80.3 Å². The van der Waals surface area contributed by atoms with Gasteiger partial charge in [0, 0.05) is 76.4 Å². The number of hydrogen-bond acceptors (Lipinski definition) is 17. The number of aliphatic hydroxyl groups excluding tert-OH is 2. The van der Waals surface area contributed by atoms with E-state index in [2.05, 4.69) is 41.6 Å². The smallest absolute Gasteiger partial charge is 0.326 e. The number of amides is 9. The number of nitrogens with one attached hydrogen (secondary N) is 5. The summed E-state index contributed by atoms with van der Waals surface area (Å²) in [4.78, 5) is 159. The molecule has 4 aliphatic heterocycles. The van der Waals surface area contributed by atoms with Crippen molar-refractivity contribution in [3.8, 4) is 0 Å². The van der Waals surface area contributed by atoms with E-state index < -0.39 is 133 Å². The minimum absolute atomic E-state index is 0.00575. The van der Waals surface area contributed by atoms with Crippen LogP contribution in [0.25, 0.3) is 0 Å². The van der Waals surface area contributed by atoms with Gasteiger partial charge >= 0.3 is 5.97 Å². The highest BCUT2D eigenvalue weighted by Crippen LogP contribution is 2.31. The summed E-state index contributed by atoms with van der Waals surface area (Å²) in [5.74, 6) is -8.60. The molecule has 10 atom stereocenters. The summed E-state index contributed by atoms with van der Waals surface area (Å²) in [6.45, 7) is -1.66. The number of carboxylic acids is 1. The van der Waals surface area contributed by atoms with Gasteiger partial charge in [-0.05, 0) is 85.1 Å². The van der Waals surface area contributed by atoms with Crippen LogP contribution in [0.4, 0.5) is 0 Å². The van der Waals surface area contributed by atoms with E-state index in [0.29, 0.717) is 34.4 Å². The number of aliphatic imine (C=N–C) groups is 3. The third kappa shape index (κ3) is 19.5. The minimum Gasteiger partial charge on any atom is -0.480 e. The summed E-state index contributed by atoms with van der Waals surface area (Å²) in [7, 11) is 0. The van der Waals surface area contributed by atoms with E-state index in [4.69, 9.17) is 40.1 Å². The molecule has 1 aromatic heterocycles. The SMILES string of the molecule is NC(N)=NCCC[C@@H](N)C(=O)N[C@@H](CCCN=C(N)N)C(=O)N1CCC[C@H]1C(=O)N1C[C@H](O)C[C@H]1C(=O)NCC(=O)N[C@@H](Cc1cccs1)C(=O)N[C@@H](CO)C(=O)N1Cc2ccccc2C[C@@H]1C(=O)N1Cc2ccccc2C[C@@H]1C(=O)N[C@@H](CCCN=C(N)N)C(=O)O. The van der Waals surface area contributed by atoms with Crippen molar-refractivity contribution in [1.29, 1.82) is 0 Å². The third-order valence-corrected chi connectivity index (χ3v) is 17.5. The number of likely N-dealkylation sites (tertiary alicyclic amines) is 2. The molecular formula is C60H85N19O13S. The van der Waals surface area contributed by atoms with Crippen LogP contribution in [0, 0.1) is 0 Å². The second-order valence-electron chi connectivity index (χ2n) is 23.3. The standard InChI is InChI=1S/C60H85N19O13S/c61-39(15-5-19-68-58(62)63)49(83)73-40(16-6-20-69-59(64)65)53(87)76-22-8-18-44(76)55(89)79-31-37(81)26-46(79)51(85)71-28-48(82)72-42(27-38-14-9-23-93-38)50(84)75-43(32-80)54(88)78-30-36-13-4-2-11-34(36)25-47(78)56(90)77-29-35-12-3-1-10-33(35)24-45(77)52(86)74-41(57(91)92)17-7-21-70-60(66)67/h1-4,9-14,23,37,39-47,80-81H,5-8,15-22,24-32,61H2,(H,71,85)(H,72,82)(H,73,83)(H,74,86)(H,75,84)(H,91,92)(H4,62,63,68)(H4,64,65,69)(H4,66,67,70)/t37-,39-,40+,41+,42+,43+,44+,45-,46+,47-/m1/s1. The Morgan fingerprint density at radius 3 is 1.71 bits per heavy atom. The fourth-order valence-electron chi connectivity index (χ4n) is 11.9. The summed E-state index contributed by atoms with van der Waals surface area (Å²) in [5, 5.41) is 46.6. The van der Waals surface area contributed by atoms with Crippen LogP contribution < -0.4 is 66.7 Å². The highest BCUT2D eigenvalue weighted by molar-refractivity contribution is 7.09. The number of β-amino-alcohol motifs (C(OH)–C–C–N with tert-alkyl or cyclic N) is 1. The lowest BCUT2D eigenvalue weighted by Gasteiger charge is -2.43. The van der Waals surface area contributed by atoms with E-state index >= 15 is 4.79 Å². The molecule has 4 aliphatic rings. The number of fused-ring (bicyclic) bond motifs is 2. The van der Waals surface area contributed by atoms with Gasteiger partial charge in [0.2, 0.25) is 53.2 Å². The molecule has 2 saturated heterocycles. The number of carboxylic acid groups (broad SMARTS) is 1. The lowest BCUT2D eigenvalue weighted by molar-refractivity contribution is -0.154. The summed E-state index contributed by atoms with van der Waals surface area (Å²) >= 11 is 1.26. The largest absolute Gasteiger partial charge is 0.480 e. The van der Waals surface area contributed by atoms with Crippen LogP contribution in [0.15, 0.2) is 81.0 Å². The van der Waals surface area contributed by atoms with Crippen LogP contribution in [0.5, 0.6) is 0 Å². The Bertz CT molecular complexity index is 3270. The second-order valence-corrected chi connectivity index (χ2v) is 24.3. The number of hydrogen-bond donors (Lipinski definition) is 15. The van der Waals surface area contributed by atoms with E-state index in [1.807, 2.05) is 0 Å². The Morgan fingerprint density at radius 1 is 0.581 bits per heavy atom. The number of nitrogens with two attached hydrogens (primary N) is 7. The molecule has 0 saturated carbocycles. The molecule has 5 heterocycles. The zero-order chi connectivity index (χ0) is 67.5. The topological polar surface area (TPSA) is 524 Å². The van der Waals surface area contributed by atoms with Crippen LogP contribution >= 0.6 is 11.3 Å². The predicted octanol–water partition coefficient (Wildman–Crippen LogP) is -5.23. The molecule has 93 heavy (non-hydrogen) atoms. The summed E-state index contributed by atoms with van der Waals surface area (Å²) < 4.78 is 0. The molecule has 3 aromatic rings. The molecule has 2 fully saturated rings. The lowest BCUT2D eigenvalue weighted by atomic mass is 9.89. The van der Waals surface area contributed by atoms with Crippen LogP contribution in [-0.4, -0.2) is 218 Å². The molecule has 7 rings (SSSR count). The molecule has 0 aliphatic carbocycles. The maximum absolute atomic E-state index is 15.3. The highest BCUT2D eigenvalue weighted by Gasteiger charge is 2.47. The Labute approximate surface area is 540 Å². The van der Waals surface area contributed by atoms with Crippen molar-refractivity contribution in [3.05, 3.63) is 93.2 Å². The number of carbonyl (C=O) groups is 10. The van der Waals surface area contributed by atoms with Crippen LogP contribution in [0.1, 0.15) is 84.9 Å². The van der Waals surface area contributed by atoms with E-state index in [1.54, 1.807) is 66.0 Å². The molecule has 0 unspecified atom stereocenters. The maximum Gasteiger partial charge on any atom is 0.326 e. The van der Waals surface area contributed by atoms with Gasteiger partial charge in [0.1, 0.15) is 48.3 Å². The Kier molecular flexibility index (Phi) is 25.7. The molecule has 2 aromatic carbocycles. The number of benzene rings is 2. The van der Waals surface area contributed by atoms with Gasteiger partial charge in [-0.2, -0.15) is 0 Å². The van der Waals surface area contributed by atoms with Crippen molar-refractivity contribution in [2.75, 3.05) is 45.9 Å². The highest BCUT2D eigenvalue weighted by atomic mass is 32.1. The number of nitrogens with zero attached hydrogens (tertiary/aromatic N) is 7. The summed E-state index contributed by atoms with van der Waals surface area (Å²) in [6.07, 6.45) is 0.0689. The minimum atomic E-state index is -1.70. The lowest BCUT2D eigenvalue weighted by Crippen LogP contribution is -2.63. The van der Waals surface area contributed by atoms with Crippen LogP contribution in [0.3, 0.4) is 0 Å². The van der Waals surface area contributed by atoms with E-state index in [1.165, 1.54) is 26.0 Å².